The van der Waals surface area contributed by atoms with Crippen molar-refractivity contribution in [1.82, 2.24) is 10.2 Å². The van der Waals surface area contributed by atoms with Gasteiger partial charge in [-0.3, -0.25) is 14.5 Å². The normalized spacial score (nSPS) is 17.3. The van der Waals surface area contributed by atoms with E-state index in [1.165, 1.54) is 28.0 Å². The number of amides is 1. The molecule has 2 aliphatic heterocycles. The Morgan fingerprint density at radius 3 is 2.70 bits per heavy atom. The maximum Gasteiger partial charge on any atom is 0.301 e. The summed E-state index contributed by atoms with van der Waals surface area (Å²) in [6.07, 6.45) is 0.812. The first-order valence-corrected chi connectivity index (χ1v) is 15.8. The van der Waals surface area contributed by atoms with E-state index < -0.39 is 17.7 Å². The van der Waals surface area contributed by atoms with E-state index in [2.05, 4.69) is 10.2 Å². The van der Waals surface area contributed by atoms with Gasteiger partial charge in [-0.15, -0.1) is 10.2 Å². The number of ketones is 1. The summed E-state index contributed by atoms with van der Waals surface area (Å²) < 4.78 is 17.7. The van der Waals surface area contributed by atoms with Crippen LogP contribution in [0.3, 0.4) is 0 Å². The Labute approximate surface area is 261 Å². The third-order valence-corrected chi connectivity index (χ3v) is 9.29. The van der Waals surface area contributed by atoms with Gasteiger partial charge in [0.25, 0.3) is 5.78 Å². The second-order valence-electron chi connectivity index (χ2n) is 9.68. The molecule has 1 aromatic heterocycles. The Kier molecular flexibility index (Phi) is 8.55. The van der Waals surface area contributed by atoms with Gasteiger partial charge in [0.2, 0.25) is 5.13 Å². The van der Waals surface area contributed by atoms with Crippen LogP contribution in [0, 0.1) is 0 Å². The molecule has 0 bridgehead atoms. The van der Waals surface area contributed by atoms with Crippen LogP contribution in [0.1, 0.15) is 36.1 Å². The number of hydrogen-bond acceptors (Lipinski definition) is 10. The van der Waals surface area contributed by atoms with E-state index in [1.807, 2.05) is 31.2 Å². The van der Waals surface area contributed by atoms with Gasteiger partial charge < -0.3 is 19.3 Å². The second kappa shape index (κ2) is 12.7. The van der Waals surface area contributed by atoms with Gasteiger partial charge in [-0.1, -0.05) is 72.0 Å². The van der Waals surface area contributed by atoms with Crippen LogP contribution in [0.25, 0.3) is 5.76 Å². The average Bonchev–Trinajstić information content (AvgIpc) is 3.60. The monoisotopic (exact) mass is 635 g/mol. The number of aromatic nitrogens is 2. The van der Waals surface area contributed by atoms with Crippen molar-refractivity contribution in [3.63, 3.8) is 0 Å². The number of thioether (sulfide) groups is 1. The van der Waals surface area contributed by atoms with Crippen LogP contribution in [-0.4, -0.2) is 46.8 Å². The first kappa shape index (κ1) is 29.0. The molecular formula is C31H26ClN3O6S2. The molecule has 2 aliphatic rings. The fourth-order valence-electron chi connectivity index (χ4n) is 4.80. The van der Waals surface area contributed by atoms with Crippen molar-refractivity contribution in [3.8, 4) is 17.2 Å². The van der Waals surface area contributed by atoms with E-state index in [0.29, 0.717) is 63.3 Å². The number of carbonyl (C=O) groups excluding carboxylic acids is 2. The van der Waals surface area contributed by atoms with E-state index >= 15 is 0 Å². The van der Waals surface area contributed by atoms with Gasteiger partial charge >= 0.3 is 5.91 Å². The molecule has 43 heavy (non-hydrogen) atoms. The summed E-state index contributed by atoms with van der Waals surface area (Å²) >= 11 is 8.92. The topological polar surface area (TPSA) is 111 Å². The standard InChI is InChI=1S/C31H26ClN3O6S2/c1-2-12-39-21-8-5-7-18(15-21)26-25(27(36)19-10-11-23-24(16-19)41-14-13-40-23)28(37)29(38)35(26)30-33-34-31(43-30)42-17-20-6-3-4-9-22(20)32/h3-11,15-16,26,36H,2,12-14,17H2,1H3/t26-/m0/s1. The minimum absolute atomic E-state index is 0.0743. The predicted octanol–water partition coefficient (Wildman–Crippen LogP) is 6.67. The summed E-state index contributed by atoms with van der Waals surface area (Å²) in [5.74, 6) is 0.132. The fraction of sp³-hybridized carbons (Fsp3) is 0.226. The number of hydrogen-bond donors (Lipinski definition) is 1. The fourth-order valence-corrected chi connectivity index (χ4v) is 6.95. The summed E-state index contributed by atoms with van der Waals surface area (Å²) in [4.78, 5) is 28.6. The predicted molar refractivity (Wildman–Crippen MR) is 165 cm³/mol. The highest BCUT2D eigenvalue weighted by Gasteiger charge is 2.48. The summed E-state index contributed by atoms with van der Waals surface area (Å²) in [6, 6.07) is 18.6. The van der Waals surface area contributed by atoms with Gasteiger partial charge in [0.05, 0.1) is 18.2 Å². The van der Waals surface area contributed by atoms with Crippen LogP contribution in [0.5, 0.6) is 17.2 Å². The maximum atomic E-state index is 13.6. The van der Waals surface area contributed by atoms with E-state index in [0.717, 1.165) is 12.0 Å². The molecular weight excluding hydrogens is 610 g/mol. The Hall–Kier alpha value is -4.06. The van der Waals surface area contributed by atoms with Gasteiger partial charge in [0, 0.05) is 16.3 Å². The highest BCUT2D eigenvalue weighted by atomic mass is 35.5. The first-order chi connectivity index (χ1) is 20.9. The number of halogens is 1. The molecule has 4 aromatic rings. The summed E-state index contributed by atoms with van der Waals surface area (Å²) in [6.45, 7) is 3.28. The maximum absolute atomic E-state index is 13.6. The SMILES string of the molecule is CCCOc1cccc([C@H]2C(=C(O)c3ccc4c(c3)OCCO4)C(=O)C(=O)N2c2nnc(SCc3ccccc3Cl)s2)c1. The van der Waals surface area contributed by atoms with Crippen LogP contribution in [0.2, 0.25) is 5.02 Å². The number of rotatable bonds is 9. The molecule has 0 aliphatic carbocycles. The molecule has 0 radical (unpaired) electrons. The lowest BCUT2D eigenvalue weighted by molar-refractivity contribution is -0.132. The molecule has 220 valence electrons. The van der Waals surface area contributed by atoms with Crippen molar-refractivity contribution in [2.45, 2.75) is 29.5 Å². The Morgan fingerprint density at radius 1 is 1.07 bits per heavy atom. The number of benzene rings is 3. The van der Waals surface area contributed by atoms with Crippen molar-refractivity contribution in [1.29, 1.82) is 0 Å². The molecule has 1 N–H and O–H groups in total. The number of anilines is 1. The molecule has 3 aromatic carbocycles. The second-order valence-corrected chi connectivity index (χ2v) is 12.3. The quantitative estimate of drug-likeness (QED) is 0.0708. The smallest absolute Gasteiger partial charge is 0.301 e. The van der Waals surface area contributed by atoms with Gasteiger partial charge in [-0.2, -0.15) is 0 Å². The average molecular weight is 636 g/mol. The number of aliphatic hydroxyl groups is 1. The van der Waals surface area contributed by atoms with Gasteiger partial charge in [-0.05, 0) is 53.9 Å². The first-order valence-electron chi connectivity index (χ1n) is 13.6. The number of ether oxygens (including phenoxy) is 3. The summed E-state index contributed by atoms with van der Waals surface area (Å²) in [7, 11) is 0. The van der Waals surface area contributed by atoms with Gasteiger partial charge in [-0.25, -0.2) is 0 Å². The zero-order chi connectivity index (χ0) is 29.9. The molecule has 1 fully saturated rings. The number of fused-ring (bicyclic) bond motifs is 1. The van der Waals surface area contributed by atoms with Crippen molar-refractivity contribution in [2.75, 3.05) is 24.7 Å². The van der Waals surface area contributed by atoms with Crippen molar-refractivity contribution in [2.24, 2.45) is 0 Å². The highest BCUT2D eigenvalue weighted by Crippen LogP contribution is 2.45. The Morgan fingerprint density at radius 2 is 1.88 bits per heavy atom. The Bertz CT molecular complexity index is 1730. The van der Waals surface area contributed by atoms with Crippen molar-refractivity contribution >= 4 is 57.3 Å². The van der Waals surface area contributed by atoms with Crippen LogP contribution in [0.4, 0.5) is 5.13 Å². The molecule has 9 nitrogen and oxygen atoms in total. The number of nitrogens with zero attached hydrogens (tertiary/aromatic N) is 3. The zero-order valence-corrected chi connectivity index (χ0v) is 25.4. The number of aliphatic hydroxyl groups excluding tert-OH is 1. The molecule has 12 heteroatoms. The third-order valence-electron chi connectivity index (χ3n) is 6.82. The molecule has 0 saturated carbocycles. The van der Waals surface area contributed by atoms with Crippen LogP contribution in [-0.2, 0) is 15.3 Å². The van der Waals surface area contributed by atoms with E-state index in [4.69, 9.17) is 25.8 Å². The summed E-state index contributed by atoms with van der Waals surface area (Å²) in [5.41, 5.74) is 1.76. The largest absolute Gasteiger partial charge is 0.507 e. The lowest BCUT2D eigenvalue weighted by atomic mass is 9.95. The summed E-state index contributed by atoms with van der Waals surface area (Å²) in [5, 5.41) is 21.0. The molecule has 0 unspecified atom stereocenters. The Balaban J connectivity index is 1.40. The number of Topliss-reactive ketones (excluding diaryl/α,β-unsaturated/α-hetero) is 1. The minimum atomic E-state index is -0.979. The van der Waals surface area contributed by atoms with Crippen molar-refractivity contribution < 1.29 is 28.9 Å². The lowest BCUT2D eigenvalue weighted by Gasteiger charge is -2.23. The lowest BCUT2D eigenvalue weighted by Crippen LogP contribution is -2.29. The van der Waals surface area contributed by atoms with Crippen LogP contribution < -0.4 is 19.1 Å². The molecule has 1 amide bonds. The van der Waals surface area contributed by atoms with Crippen LogP contribution >= 0.6 is 34.7 Å². The van der Waals surface area contributed by atoms with Crippen molar-refractivity contribution in [3.05, 3.63) is 94.0 Å². The third kappa shape index (κ3) is 5.93. The van der Waals surface area contributed by atoms with Gasteiger partial charge in [0.1, 0.15) is 24.7 Å². The van der Waals surface area contributed by atoms with Gasteiger partial charge in [0.15, 0.2) is 15.8 Å². The molecule has 1 saturated heterocycles. The van der Waals surface area contributed by atoms with E-state index in [9.17, 15) is 14.7 Å². The highest BCUT2D eigenvalue weighted by molar-refractivity contribution is 8.00. The van der Waals surface area contributed by atoms with Crippen LogP contribution in [0.15, 0.2) is 76.6 Å². The zero-order valence-electron chi connectivity index (χ0n) is 23.0. The van der Waals surface area contributed by atoms with E-state index in [1.54, 1.807) is 42.5 Å². The molecule has 6 rings (SSSR count). The molecule has 1 atom stereocenters. The minimum Gasteiger partial charge on any atom is -0.507 e. The van der Waals surface area contributed by atoms with E-state index in [-0.39, 0.29) is 16.5 Å². The molecule has 0 spiro atoms. The number of carbonyl (C=O) groups is 2. The molecule has 3 heterocycles.